The van der Waals surface area contributed by atoms with E-state index in [4.69, 9.17) is 5.11 Å². The lowest BCUT2D eigenvalue weighted by molar-refractivity contribution is 0.0696. The molecule has 1 atom stereocenters. The van der Waals surface area contributed by atoms with Crippen molar-refractivity contribution >= 4 is 11.8 Å². The van der Waals surface area contributed by atoms with Gasteiger partial charge in [0.1, 0.15) is 5.82 Å². The number of hydrogen-bond acceptors (Lipinski definition) is 3. The number of aromatic nitrogens is 1. The fraction of sp³-hybridized carbons (Fsp3) is 0.625. The van der Waals surface area contributed by atoms with Crippen molar-refractivity contribution in [1.29, 1.82) is 0 Å². The van der Waals surface area contributed by atoms with Crippen molar-refractivity contribution < 1.29 is 9.90 Å². The minimum absolute atomic E-state index is 0.314. The average molecular weight is 276 g/mol. The van der Waals surface area contributed by atoms with E-state index in [0.29, 0.717) is 22.8 Å². The summed E-state index contributed by atoms with van der Waals surface area (Å²) in [5.41, 5.74) is 1.49. The van der Waals surface area contributed by atoms with Crippen LogP contribution in [-0.4, -0.2) is 22.1 Å². The fourth-order valence-corrected chi connectivity index (χ4v) is 3.00. The molecule has 110 valence electrons. The van der Waals surface area contributed by atoms with Crippen molar-refractivity contribution in [2.24, 2.45) is 5.41 Å². The maximum Gasteiger partial charge on any atom is 0.335 e. The molecule has 1 unspecified atom stereocenters. The number of anilines is 1. The van der Waals surface area contributed by atoms with Crippen LogP contribution in [0.4, 0.5) is 5.82 Å². The molecule has 0 spiro atoms. The molecule has 1 fully saturated rings. The summed E-state index contributed by atoms with van der Waals surface area (Å²) in [5, 5.41) is 12.6. The number of carboxylic acid groups (broad SMARTS) is 1. The summed E-state index contributed by atoms with van der Waals surface area (Å²) < 4.78 is 0. The van der Waals surface area contributed by atoms with Crippen LogP contribution >= 0.6 is 0 Å². The van der Waals surface area contributed by atoms with Gasteiger partial charge in [0, 0.05) is 11.7 Å². The summed E-state index contributed by atoms with van der Waals surface area (Å²) in [5.74, 6) is -0.196. The van der Waals surface area contributed by atoms with Gasteiger partial charge >= 0.3 is 5.97 Å². The third kappa shape index (κ3) is 3.71. The largest absolute Gasteiger partial charge is 0.478 e. The van der Waals surface area contributed by atoms with Crippen LogP contribution < -0.4 is 5.32 Å². The van der Waals surface area contributed by atoms with Crippen molar-refractivity contribution in [1.82, 2.24) is 4.98 Å². The van der Waals surface area contributed by atoms with Gasteiger partial charge < -0.3 is 10.4 Å². The lowest BCUT2D eigenvalue weighted by Crippen LogP contribution is -2.32. The SMILES string of the molecule is CCc1cc(C(=O)O)cc(NC2CCCC(C)(C)C2)n1. The highest BCUT2D eigenvalue weighted by Gasteiger charge is 2.28. The van der Waals surface area contributed by atoms with Gasteiger partial charge in [-0.15, -0.1) is 0 Å². The molecule has 20 heavy (non-hydrogen) atoms. The second-order valence-electron chi connectivity index (χ2n) is 6.49. The third-order valence-corrected chi connectivity index (χ3v) is 4.04. The molecule has 1 aliphatic rings. The number of carboxylic acids is 1. The number of nitrogens with zero attached hydrogens (tertiary/aromatic N) is 1. The number of rotatable bonds is 4. The van der Waals surface area contributed by atoms with E-state index in [2.05, 4.69) is 24.1 Å². The van der Waals surface area contributed by atoms with Gasteiger partial charge in [0.15, 0.2) is 0 Å². The molecule has 4 nitrogen and oxygen atoms in total. The summed E-state index contributed by atoms with van der Waals surface area (Å²) in [4.78, 5) is 15.7. The Hall–Kier alpha value is -1.58. The first-order valence-electron chi connectivity index (χ1n) is 7.40. The van der Waals surface area contributed by atoms with Crippen molar-refractivity contribution in [3.05, 3.63) is 23.4 Å². The van der Waals surface area contributed by atoms with Crippen LogP contribution in [0.25, 0.3) is 0 Å². The van der Waals surface area contributed by atoms with Crippen LogP contribution in [0.1, 0.15) is 62.5 Å². The van der Waals surface area contributed by atoms with E-state index in [9.17, 15) is 4.79 Å². The van der Waals surface area contributed by atoms with Crippen LogP contribution in [0.5, 0.6) is 0 Å². The maximum absolute atomic E-state index is 11.2. The summed E-state index contributed by atoms with van der Waals surface area (Å²) >= 11 is 0. The lowest BCUT2D eigenvalue weighted by atomic mass is 9.75. The molecule has 0 aliphatic heterocycles. The minimum atomic E-state index is -0.894. The number of nitrogens with one attached hydrogen (secondary N) is 1. The molecule has 1 aromatic heterocycles. The Labute approximate surface area is 120 Å². The number of hydrogen-bond donors (Lipinski definition) is 2. The summed E-state index contributed by atoms with van der Waals surface area (Å²) in [6.07, 6.45) is 5.45. The van der Waals surface area contributed by atoms with Crippen molar-refractivity contribution in [3.8, 4) is 0 Å². The highest BCUT2D eigenvalue weighted by atomic mass is 16.4. The van der Waals surface area contributed by atoms with E-state index in [1.54, 1.807) is 12.1 Å². The maximum atomic E-state index is 11.2. The van der Waals surface area contributed by atoms with Crippen LogP contribution in [0.2, 0.25) is 0 Å². The zero-order valence-electron chi connectivity index (χ0n) is 12.6. The van der Waals surface area contributed by atoms with Gasteiger partial charge in [0.25, 0.3) is 0 Å². The Morgan fingerprint density at radius 3 is 2.85 bits per heavy atom. The highest BCUT2D eigenvalue weighted by molar-refractivity contribution is 5.88. The summed E-state index contributed by atoms with van der Waals surface area (Å²) in [6.45, 7) is 6.57. The Bertz CT molecular complexity index is 497. The molecule has 1 heterocycles. The standard InChI is InChI=1S/C16H24N2O2/c1-4-12-8-11(15(19)20)9-14(17-12)18-13-6-5-7-16(2,3)10-13/h8-9,13H,4-7,10H2,1-3H3,(H,17,18)(H,19,20). The molecule has 4 heteroatoms. The Morgan fingerprint density at radius 1 is 1.50 bits per heavy atom. The molecule has 0 radical (unpaired) electrons. The van der Waals surface area contributed by atoms with Crippen LogP contribution in [0.3, 0.4) is 0 Å². The first-order valence-corrected chi connectivity index (χ1v) is 7.40. The molecule has 1 saturated carbocycles. The quantitative estimate of drug-likeness (QED) is 0.879. The summed E-state index contributed by atoms with van der Waals surface area (Å²) in [6, 6.07) is 3.68. The van der Waals surface area contributed by atoms with Crippen LogP contribution in [0.15, 0.2) is 12.1 Å². The van der Waals surface area contributed by atoms with E-state index >= 15 is 0 Å². The van der Waals surface area contributed by atoms with Gasteiger partial charge in [0.05, 0.1) is 5.56 Å². The Morgan fingerprint density at radius 2 is 2.25 bits per heavy atom. The molecule has 1 aromatic rings. The first kappa shape index (κ1) is 14.8. The van der Waals surface area contributed by atoms with Gasteiger partial charge in [-0.05, 0) is 43.2 Å². The number of carbonyl (C=O) groups is 1. The number of pyridine rings is 1. The molecule has 2 rings (SSSR count). The van der Waals surface area contributed by atoms with E-state index in [1.807, 2.05) is 6.92 Å². The van der Waals surface area contributed by atoms with E-state index in [-0.39, 0.29) is 0 Å². The monoisotopic (exact) mass is 276 g/mol. The minimum Gasteiger partial charge on any atom is -0.478 e. The lowest BCUT2D eigenvalue weighted by Gasteiger charge is -2.35. The molecule has 0 bridgehead atoms. The predicted molar refractivity (Wildman–Crippen MR) is 80.2 cm³/mol. The third-order valence-electron chi connectivity index (χ3n) is 4.04. The van der Waals surface area contributed by atoms with Gasteiger partial charge in [0.2, 0.25) is 0 Å². The zero-order valence-corrected chi connectivity index (χ0v) is 12.6. The first-order chi connectivity index (χ1) is 9.39. The van der Waals surface area contributed by atoms with Gasteiger partial charge in [-0.25, -0.2) is 9.78 Å². The Balaban J connectivity index is 2.16. The molecule has 0 aromatic carbocycles. The van der Waals surface area contributed by atoms with Crippen molar-refractivity contribution in [3.63, 3.8) is 0 Å². The normalized spacial score (nSPS) is 21.4. The van der Waals surface area contributed by atoms with Crippen molar-refractivity contribution in [2.75, 3.05) is 5.32 Å². The van der Waals surface area contributed by atoms with Crippen molar-refractivity contribution in [2.45, 2.75) is 58.9 Å². The number of aromatic carboxylic acids is 1. The second kappa shape index (κ2) is 5.81. The van der Waals surface area contributed by atoms with E-state index in [0.717, 1.165) is 25.0 Å². The van der Waals surface area contributed by atoms with Gasteiger partial charge in [-0.3, -0.25) is 0 Å². The topological polar surface area (TPSA) is 62.2 Å². The van der Waals surface area contributed by atoms with Crippen LogP contribution in [-0.2, 0) is 6.42 Å². The van der Waals surface area contributed by atoms with Gasteiger partial charge in [-0.1, -0.05) is 27.2 Å². The van der Waals surface area contributed by atoms with Gasteiger partial charge in [-0.2, -0.15) is 0 Å². The molecule has 0 saturated heterocycles. The van der Waals surface area contributed by atoms with Crippen LogP contribution in [0, 0.1) is 5.41 Å². The molecular formula is C16H24N2O2. The fourth-order valence-electron chi connectivity index (χ4n) is 3.00. The molecule has 1 aliphatic carbocycles. The molecule has 2 N–H and O–H groups in total. The number of aryl methyl sites for hydroxylation is 1. The molecular weight excluding hydrogens is 252 g/mol. The average Bonchev–Trinajstić information content (AvgIpc) is 2.37. The summed E-state index contributed by atoms with van der Waals surface area (Å²) in [7, 11) is 0. The zero-order chi connectivity index (χ0) is 14.8. The Kier molecular flexibility index (Phi) is 4.31. The predicted octanol–water partition coefficient (Wildman–Crippen LogP) is 3.72. The van der Waals surface area contributed by atoms with E-state index in [1.165, 1.54) is 12.8 Å². The second-order valence-corrected chi connectivity index (χ2v) is 6.49. The van der Waals surface area contributed by atoms with E-state index < -0.39 is 5.97 Å². The highest BCUT2D eigenvalue weighted by Crippen LogP contribution is 2.36. The molecule has 0 amide bonds. The smallest absolute Gasteiger partial charge is 0.335 e.